The molecular weight excluding hydrogens is 150 g/mol. The monoisotopic (exact) mass is 171 g/mol. The van der Waals surface area contributed by atoms with Crippen LogP contribution in [0.3, 0.4) is 0 Å². The lowest BCUT2D eigenvalue weighted by Gasteiger charge is -2.34. The number of rotatable bonds is 0. The van der Waals surface area contributed by atoms with Crippen LogP contribution in [0, 0.1) is 0 Å². The summed E-state index contributed by atoms with van der Waals surface area (Å²) in [6.45, 7) is 8.91. The van der Waals surface area contributed by atoms with Gasteiger partial charge in [-0.3, -0.25) is 4.90 Å². The second-order valence-electron chi connectivity index (χ2n) is 4.74. The smallest absolute Gasteiger partial charge is 0.0553 e. The van der Waals surface area contributed by atoms with Crippen molar-refractivity contribution in [3.05, 3.63) is 0 Å². The summed E-state index contributed by atoms with van der Waals surface area (Å²) in [7, 11) is 0. The number of aliphatic hydroxyl groups excluding tert-OH is 1. The molecule has 0 radical (unpaired) electrons. The molecule has 0 saturated carbocycles. The minimum atomic E-state index is -0.0580. The van der Waals surface area contributed by atoms with E-state index in [4.69, 9.17) is 0 Å². The molecule has 12 heavy (non-hydrogen) atoms. The van der Waals surface area contributed by atoms with Gasteiger partial charge >= 0.3 is 0 Å². The van der Waals surface area contributed by atoms with Crippen molar-refractivity contribution < 1.29 is 5.11 Å². The summed E-state index contributed by atoms with van der Waals surface area (Å²) in [4.78, 5) is 2.46. The van der Waals surface area contributed by atoms with Crippen LogP contribution in [0.5, 0.6) is 0 Å². The van der Waals surface area contributed by atoms with Crippen molar-refractivity contribution in [2.24, 2.45) is 0 Å². The Bertz CT molecular complexity index is 139. The molecule has 1 rings (SSSR count). The summed E-state index contributed by atoms with van der Waals surface area (Å²) < 4.78 is 0. The Kier molecular flexibility index (Phi) is 3.13. The third kappa shape index (κ3) is 2.76. The number of aliphatic hydroxyl groups is 1. The SMILES string of the molecule is CC(C)(C)N1CCC[C@@H](O)CC1. The molecule has 1 aliphatic heterocycles. The van der Waals surface area contributed by atoms with E-state index >= 15 is 0 Å². The van der Waals surface area contributed by atoms with Crippen molar-refractivity contribution in [3.8, 4) is 0 Å². The van der Waals surface area contributed by atoms with E-state index in [1.165, 1.54) is 0 Å². The molecule has 0 aromatic heterocycles. The van der Waals surface area contributed by atoms with Gasteiger partial charge in [0.2, 0.25) is 0 Å². The van der Waals surface area contributed by atoms with E-state index in [0.29, 0.717) is 0 Å². The Hall–Kier alpha value is -0.0800. The molecule has 1 atom stereocenters. The Morgan fingerprint density at radius 3 is 2.42 bits per heavy atom. The largest absolute Gasteiger partial charge is 0.393 e. The standard InChI is InChI=1S/C10H21NO/c1-10(2,3)11-7-4-5-9(12)6-8-11/h9,12H,4-8H2,1-3H3/t9-/m1/s1. The number of likely N-dealkylation sites (tertiary alicyclic amines) is 1. The van der Waals surface area contributed by atoms with Gasteiger partial charge in [-0.1, -0.05) is 0 Å². The zero-order valence-corrected chi connectivity index (χ0v) is 8.51. The molecular formula is C10H21NO. The van der Waals surface area contributed by atoms with Gasteiger partial charge < -0.3 is 5.11 Å². The average Bonchev–Trinajstić information content (AvgIpc) is 2.11. The Morgan fingerprint density at radius 2 is 1.83 bits per heavy atom. The van der Waals surface area contributed by atoms with Crippen molar-refractivity contribution in [1.82, 2.24) is 4.90 Å². The van der Waals surface area contributed by atoms with E-state index < -0.39 is 0 Å². The molecule has 0 spiro atoms. The molecule has 1 aliphatic rings. The summed E-state index contributed by atoms with van der Waals surface area (Å²) in [6, 6.07) is 0. The predicted molar refractivity (Wildman–Crippen MR) is 51.2 cm³/mol. The van der Waals surface area contributed by atoms with E-state index in [2.05, 4.69) is 25.7 Å². The van der Waals surface area contributed by atoms with Gasteiger partial charge in [0.15, 0.2) is 0 Å². The fraction of sp³-hybridized carbons (Fsp3) is 1.00. The average molecular weight is 171 g/mol. The van der Waals surface area contributed by atoms with Gasteiger partial charge in [-0.15, -0.1) is 0 Å². The van der Waals surface area contributed by atoms with Crippen LogP contribution in [0.25, 0.3) is 0 Å². The first-order valence-corrected chi connectivity index (χ1v) is 4.93. The van der Waals surface area contributed by atoms with Gasteiger partial charge in [0.05, 0.1) is 6.10 Å². The fourth-order valence-corrected chi connectivity index (χ4v) is 1.75. The lowest BCUT2D eigenvalue weighted by atomic mass is 10.1. The topological polar surface area (TPSA) is 23.5 Å². The fourth-order valence-electron chi connectivity index (χ4n) is 1.75. The highest BCUT2D eigenvalue weighted by atomic mass is 16.3. The lowest BCUT2D eigenvalue weighted by Crippen LogP contribution is -2.41. The normalized spacial score (nSPS) is 28.5. The van der Waals surface area contributed by atoms with Crippen LogP contribution in [0.1, 0.15) is 40.0 Å². The molecule has 2 heteroatoms. The quantitative estimate of drug-likeness (QED) is 0.599. The summed E-state index contributed by atoms with van der Waals surface area (Å²) in [5.41, 5.74) is 0.268. The van der Waals surface area contributed by atoms with Crippen LogP contribution in [-0.2, 0) is 0 Å². The third-order valence-corrected chi connectivity index (χ3v) is 2.65. The van der Waals surface area contributed by atoms with E-state index in [1.807, 2.05) is 0 Å². The molecule has 1 fully saturated rings. The Morgan fingerprint density at radius 1 is 1.17 bits per heavy atom. The summed E-state index contributed by atoms with van der Waals surface area (Å²) in [5, 5.41) is 9.45. The van der Waals surface area contributed by atoms with Gasteiger partial charge in [-0.25, -0.2) is 0 Å². The summed E-state index contributed by atoms with van der Waals surface area (Å²) in [5.74, 6) is 0. The molecule has 0 unspecified atom stereocenters. The molecule has 0 amide bonds. The maximum Gasteiger partial charge on any atom is 0.0553 e. The zero-order chi connectivity index (χ0) is 9.19. The van der Waals surface area contributed by atoms with E-state index in [9.17, 15) is 5.11 Å². The van der Waals surface area contributed by atoms with E-state index in [1.54, 1.807) is 0 Å². The third-order valence-electron chi connectivity index (χ3n) is 2.65. The number of hydrogen-bond acceptors (Lipinski definition) is 2. The molecule has 0 aliphatic carbocycles. The molecule has 0 aromatic carbocycles. The second kappa shape index (κ2) is 3.75. The summed E-state index contributed by atoms with van der Waals surface area (Å²) in [6.07, 6.45) is 3.00. The van der Waals surface area contributed by atoms with Crippen LogP contribution in [0.4, 0.5) is 0 Å². The summed E-state index contributed by atoms with van der Waals surface area (Å²) >= 11 is 0. The molecule has 1 saturated heterocycles. The van der Waals surface area contributed by atoms with Crippen LogP contribution >= 0.6 is 0 Å². The number of hydrogen-bond donors (Lipinski definition) is 1. The maximum absolute atomic E-state index is 9.45. The molecule has 1 heterocycles. The van der Waals surface area contributed by atoms with Crippen LogP contribution in [-0.4, -0.2) is 34.7 Å². The molecule has 72 valence electrons. The highest BCUT2D eigenvalue weighted by molar-refractivity contribution is 4.79. The van der Waals surface area contributed by atoms with Crippen LogP contribution in [0.2, 0.25) is 0 Å². The highest BCUT2D eigenvalue weighted by Gasteiger charge is 2.23. The minimum Gasteiger partial charge on any atom is -0.393 e. The zero-order valence-electron chi connectivity index (χ0n) is 8.51. The Balaban J connectivity index is 2.46. The first kappa shape index (κ1) is 10.0. The van der Waals surface area contributed by atoms with Gasteiger partial charge in [0, 0.05) is 12.1 Å². The van der Waals surface area contributed by atoms with Crippen LogP contribution < -0.4 is 0 Å². The van der Waals surface area contributed by atoms with Crippen molar-refractivity contribution >= 4 is 0 Å². The van der Waals surface area contributed by atoms with E-state index in [-0.39, 0.29) is 11.6 Å². The van der Waals surface area contributed by atoms with E-state index in [0.717, 1.165) is 32.4 Å². The number of nitrogens with zero attached hydrogens (tertiary/aromatic N) is 1. The van der Waals surface area contributed by atoms with Crippen molar-refractivity contribution in [3.63, 3.8) is 0 Å². The van der Waals surface area contributed by atoms with Crippen molar-refractivity contribution in [1.29, 1.82) is 0 Å². The first-order chi connectivity index (χ1) is 5.50. The van der Waals surface area contributed by atoms with Crippen LogP contribution in [0.15, 0.2) is 0 Å². The predicted octanol–water partition coefficient (Wildman–Crippen LogP) is 1.63. The molecule has 0 aromatic rings. The first-order valence-electron chi connectivity index (χ1n) is 4.93. The molecule has 0 bridgehead atoms. The maximum atomic E-state index is 9.45. The van der Waals surface area contributed by atoms with Gasteiger partial charge in [0.1, 0.15) is 0 Å². The molecule has 1 N–H and O–H groups in total. The van der Waals surface area contributed by atoms with Crippen molar-refractivity contribution in [2.45, 2.75) is 51.7 Å². The lowest BCUT2D eigenvalue weighted by molar-refractivity contribution is 0.123. The van der Waals surface area contributed by atoms with Gasteiger partial charge in [-0.05, 0) is 46.6 Å². The van der Waals surface area contributed by atoms with Gasteiger partial charge in [-0.2, -0.15) is 0 Å². The minimum absolute atomic E-state index is 0.0580. The highest BCUT2D eigenvalue weighted by Crippen LogP contribution is 2.19. The molecule has 2 nitrogen and oxygen atoms in total. The second-order valence-corrected chi connectivity index (χ2v) is 4.74. The van der Waals surface area contributed by atoms with Gasteiger partial charge in [0.25, 0.3) is 0 Å². The van der Waals surface area contributed by atoms with Crippen molar-refractivity contribution in [2.75, 3.05) is 13.1 Å². The Labute approximate surface area is 75.6 Å².